The van der Waals surface area contributed by atoms with E-state index in [0.29, 0.717) is 11.3 Å². The molecule has 0 aliphatic rings. The zero-order chi connectivity index (χ0) is 22.8. The van der Waals surface area contributed by atoms with Gasteiger partial charge in [0.1, 0.15) is 16.4 Å². The highest BCUT2D eigenvalue weighted by Crippen LogP contribution is 2.38. The van der Waals surface area contributed by atoms with Gasteiger partial charge in [0.15, 0.2) is 0 Å². The van der Waals surface area contributed by atoms with Crippen LogP contribution in [0.15, 0.2) is 81.4 Å². The standard InChI is InChI=1S/C22H23NO6S2/c1-15(2)20-13-16(23-31(27,28)19-7-5-4-6-8-19)14-21(22(20)24)30(25,26)18-11-9-17(29-3)10-12-18/h4-15,23-24H,1-3H3. The number of ether oxygens (including phenoxy) is 1. The Kier molecular flexibility index (Phi) is 6.28. The monoisotopic (exact) mass is 461 g/mol. The molecular weight excluding hydrogens is 438 g/mol. The summed E-state index contributed by atoms with van der Waals surface area (Å²) in [5.74, 6) is -0.185. The Morgan fingerprint density at radius 2 is 1.48 bits per heavy atom. The van der Waals surface area contributed by atoms with Gasteiger partial charge in [0.05, 0.1) is 22.6 Å². The molecule has 9 heteroatoms. The highest BCUT2D eigenvalue weighted by Gasteiger charge is 2.26. The lowest BCUT2D eigenvalue weighted by molar-refractivity contribution is 0.414. The molecule has 0 fully saturated rings. The van der Waals surface area contributed by atoms with Crippen LogP contribution in [0.4, 0.5) is 5.69 Å². The number of nitrogens with one attached hydrogen (secondary N) is 1. The number of sulfonamides is 1. The fourth-order valence-corrected chi connectivity index (χ4v) is 5.49. The molecule has 0 aliphatic carbocycles. The van der Waals surface area contributed by atoms with E-state index < -0.39 is 25.6 Å². The molecule has 3 aromatic rings. The van der Waals surface area contributed by atoms with Crippen molar-refractivity contribution < 1.29 is 26.7 Å². The highest BCUT2D eigenvalue weighted by molar-refractivity contribution is 7.92. The SMILES string of the molecule is COc1ccc(S(=O)(=O)c2cc(NS(=O)(=O)c3ccccc3)cc(C(C)C)c2O)cc1. The van der Waals surface area contributed by atoms with E-state index in [0.717, 1.165) is 6.07 Å². The number of hydrogen-bond donors (Lipinski definition) is 2. The molecule has 0 atom stereocenters. The van der Waals surface area contributed by atoms with E-state index in [1.807, 2.05) is 0 Å². The molecule has 0 bridgehead atoms. The van der Waals surface area contributed by atoms with Gasteiger partial charge < -0.3 is 9.84 Å². The van der Waals surface area contributed by atoms with Gasteiger partial charge in [-0.1, -0.05) is 32.0 Å². The molecule has 0 amide bonds. The molecule has 0 saturated carbocycles. The molecule has 7 nitrogen and oxygen atoms in total. The van der Waals surface area contributed by atoms with Crippen LogP contribution < -0.4 is 9.46 Å². The summed E-state index contributed by atoms with van der Waals surface area (Å²) >= 11 is 0. The second-order valence-electron chi connectivity index (χ2n) is 7.16. The van der Waals surface area contributed by atoms with Gasteiger partial charge >= 0.3 is 0 Å². The van der Waals surface area contributed by atoms with Crippen LogP contribution in [0.3, 0.4) is 0 Å². The van der Waals surface area contributed by atoms with Gasteiger partial charge in [-0.3, -0.25) is 4.72 Å². The molecule has 0 radical (unpaired) electrons. The second kappa shape index (κ2) is 8.60. The normalized spacial score (nSPS) is 12.0. The number of hydrogen-bond acceptors (Lipinski definition) is 6. The van der Waals surface area contributed by atoms with Crippen LogP contribution in [-0.2, 0) is 19.9 Å². The molecule has 2 N–H and O–H groups in total. The van der Waals surface area contributed by atoms with Gasteiger partial charge in [0.2, 0.25) is 9.84 Å². The second-order valence-corrected chi connectivity index (χ2v) is 10.8. The van der Waals surface area contributed by atoms with Crippen molar-refractivity contribution in [1.29, 1.82) is 0 Å². The molecule has 0 aromatic heterocycles. The molecule has 0 aliphatic heterocycles. The zero-order valence-corrected chi connectivity index (χ0v) is 18.9. The number of methoxy groups -OCH3 is 1. The molecule has 0 saturated heterocycles. The zero-order valence-electron chi connectivity index (χ0n) is 17.2. The first-order valence-corrected chi connectivity index (χ1v) is 12.4. The Balaban J connectivity index is 2.13. The lowest BCUT2D eigenvalue weighted by Gasteiger charge is -2.17. The van der Waals surface area contributed by atoms with Crippen LogP contribution in [0.1, 0.15) is 25.3 Å². The van der Waals surface area contributed by atoms with Crippen LogP contribution in [-0.4, -0.2) is 29.1 Å². The number of benzene rings is 3. The van der Waals surface area contributed by atoms with E-state index in [9.17, 15) is 21.9 Å². The average molecular weight is 462 g/mol. The van der Waals surface area contributed by atoms with E-state index in [4.69, 9.17) is 4.74 Å². The maximum atomic E-state index is 13.2. The Hall–Kier alpha value is -3.04. The summed E-state index contributed by atoms with van der Waals surface area (Å²) < 4.78 is 59.4. The number of phenolic OH excluding ortho intramolecular Hbond substituents is 1. The lowest BCUT2D eigenvalue weighted by atomic mass is 10.0. The Bertz CT molecular complexity index is 1280. The van der Waals surface area contributed by atoms with E-state index in [2.05, 4.69) is 4.72 Å². The van der Waals surface area contributed by atoms with Crippen molar-refractivity contribution in [2.75, 3.05) is 11.8 Å². The largest absolute Gasteiger partial charge is 0.506 e. The fourth-order valence-electron chi connectivity index (χ4n) is 3.03. The smallest absolute Gasteiger partial charge is 0.261 e. The van der Waals surface area contributed by atoms with Crippen LogP contribution in [0, 0.1) is 0 Å². The molecule has 31 heavy (non-hydrogen) atoms. The van der Waals surface area contributed by atoms with Crippen molar-refractivity contribution in [2.45, 2.75) is 34.5 Å². The maximum Gasteiger partial charge on any atom is 0.261 e. The van der Waals surface area contributed by atoms with Crippen molar-refractivity contribution >= 4 is 25.5 Å². The van der Waals surface area contributed by atoms with E-state index in [-0.39, 0.29) is 26.3 Å². The van der Waals surface area contributed by atoms with Crippen molar-refractivity contribution in [3.8, 4) is 11.5 Å². The van der Waals surface area contributed by atoms with Crippen LogP contribution in [0.5, 0.6) is 11.5 Å². The van der Waals surface area contributed by atoms with E-state index in [1.165, 1.54) is 49.6 Å². The summed E-state index contributed by atoms with van der Waals surface area (Å²) in [4.78, 5) is -0.398. The number of phenols is 1. The first kappa shape index (κ1) is 22.6. The Morgan fingerprint density at radius 3 is 2.03 bits per heavy atom. The Morgan fingerprint density at radius 1 is 0.871 bits per heavy atom. The van der Waals surface area contributed by atoms with Crippen molar-refractivity contribution in [1.82, 2.24) is 0 Å². The van der Waals surface area contributed by atoms with Crippen LogP contribution in [0.2, 0.25) is 0 Å². The van der Waals surface area contributed by atoms with Gasteiger partial charge in [-0.25, -0.2) is 16.8 Å². The molecule has 3 aromatic carbocycles. The van der Waals surface area contributed by atoms with Gasteiger partial charge in [0.25, 0.3) is 10.0 Å². The molecule has 3 rings (SSSR count). The van der Waals surface area contributed by atoms with Crippen molar-refractivity contribution in [2.24, 2.45) is 0 Å². The van der Waals surface area contributed by atoms with Crippen LogP contribution in [0.25, 0.3) is 0 Å². The molecule has 164 valence electrons. The average Bonchev–Trinajstić information content (AvgIpc) is 2.75. The van der Waals surface area contributed by atoms with E-state index in [1.54, 1.807) is 32.0 Å². The third-order valence-corrected chi connectivity index (χ3v) is 7.87. The summed E-state index contributed by atoms with van der Waals surface area (Å²) in [6.07, 6.45) is 0. The quantitative estimate of drug-likeness (QED) is 0.511. The minimum Gasteiger partial charge on any atom is -0.506 e. The number of sulfone groups is 1. The van der Waals surface area contributed by atoms with Gasteiger partial charge in [0, 0.05) is 0 Å². The van der Waals surface area contributed by atoms with Gasteiger partial charge in [-0.2, -0.15) is 0 Å². The maximum absolute atomic E-state index is 13.2. The third-order valence-electron chi connectivity index (χ3n) is 4.69. The summed E-state index contributed by atoms with van der Waals surface area (Å²) in [7, 11) is -6.62. The molecular formula is C22H23NO6S2. The number of aromatic hydroxyl groups is 1. The number of rotatable bonds is 7. The summed E-state index contributed by atoms with van der Waals surface area (Å²) in [5.41, 5.74) is 0.345. The topological polar surface area (TPSA) is 110 Å². The summed E-state index contributed by atoms with van der Waals surface area (Å²) in [5, 5.41) is 10.7. The molecule has 0 spiro atoms. The van der Waals surface area contributed by atoms with Crippen molar-refractivity contribution in [3.05, 3.63) is 72.3 Å². The van der Waals surface area contributed by atoms with Gasteiger partial charge in [-0.15, -0.1) is 0 Å². The highest BCUT2D eigenvalue weighted by atomic mass is 32.2. The molecule has 0 heterocycles. The lowest BCUT2D eigenvalue weighted by Crippen LogP contribution is -2.14. The predicted octanol–water partition coefficient (Wildman–Crippen LogP) is 4.16. The van der Waals surface area contributed by atoms with Crippen LogP contribution >= 0.6 is 0 Å². The minimum atomic E-state index is -4.13. The predicted molar refractivity (Wildman–Crippen MR) is 118 cm³/mol. The first-order valence-electron chi connectivity index (χ1n) is 9.40. The van der Waals surface area contributed by atoms with Crippen molar-refractivity contribution in [3.63, 3.8) is 0 Å². The summed E-state index contributed by atoms with van der Waals surface area (Å²) in [6, 6.07) is 16.0. The van der Waals surface area contributed by atoms with E-state index >= 15 is 0 Å². The fraction of sp³-hybridized carbons (Fsp3) is 0.182. The number of anilines is 1. The minimum absolute atomic E-state index is 0.0359. The Labute approximate surface area is 182 Å². The molecule has 0 unspecified atom stereocenters. The van der Waals surface area contributed by atoms with Gasteiger partial charge in [-0.05, 0) is 60.0 Å². The summed E-state index contributed by atoms with van der Waals surface area (Å²) in [6.45, 7) is 3.54. The third kappa shape index (κ3) is 4.67. The first-order chi connectivity index (χ1) is 14.6.